The number of hydrazone groups is 1. The van der Waals surface area contributed by atoms with Gasteiger partial charge in [0.2, 0.25) is 0 Å². The third-order valence-electron chi connectivity index (χ3n) is 4.33. The van der Waals surface area contributed by atoms with Crippen molar-refractivity contribution in [3.8, 4) is 5.69 Å². The summed E-state index contributed by atoms with van der Waals surface area (Å²) < 4.78 is 1.96. The summed E-state index contributed by atoms with van der Waals surface area (Å²) in [6.45, 7) is 2.52. The van der Waals surface area contributed by atoms with Crippen LogP contribution in [0.1, 0.15) is 17.8 Å². The van der Waals surface area contributed by atoms with E-state index in [9.17, 15) is 4.79 Å². The Morgan fingerprint density at radius 1 is 1.04 bits per heavy atom. The minimum absolute atomic E-state index is 0.0220. The molecule has 4 rings (SSSR count). The fourth-order valence-electron chi connectivity index (χ4n) is 2.98. The molecule has 0 aliphatic carbocycles. The van der Waals surface area contributed by atoms with Crippen molar-refractivity contribution in [1.82, 2.24) is 19.8 Å². The number of aryl methyl sites for hydroxylation is 1. The Labute approximate surface area is 161 Å². The molecule has 7 heteroatoms. The molecule has 0 radical (unpaired) electrons. The first kappa shape index (κ1) is 17.5. The fourth-order valence-corrected chi connectivity index (χ4v) is 3.85. The molecule has 0 spiro atoms. The summed E-state index contributed by atoms with van der Waals surface area (Å²) in [5.41, 5.74) is 3.01. The number of benzene rings is 2. The van der Waals surface area contributed by atoms with Gasteiger partial charge in [-0.1, -0.05) is 60.3 Å². The Hall–Kier alpha value is -2.93. The Morgan fingerprint density at radius 3 is 2.48 bits per heavy atom. The van der Waals surface area contributed by atoms with Crippen molar-refractivity contribution in [3.63, 3.8) is 0 Å². The van der Waals surface area contributed by atoms with Gasteiger partial charge < -0.3 is 0 Å². The maximum atomic E-state index is 12.6. The van der Waals surface area contributed by atoms with Crippen molar-refractivity contribution >= 4 is 23.4 Å². The van der Waals surface area contributed by atoms with E-state index in [1.165, 1.54) is 11.8 Å². The Kier molecular flexibility index (Phi) is 5.02. The van der Waals surface area contributed by atoms with Crippen LogP contribution in [0, 0.1) is 6.92 Å². The Morgan fingerprint density at radius 2 is 1.74 bits per heavy atom. The Bertz CT molecular complexity index is 969. The predicted molar refractivity (Wildman–Crippen MR) is 106 cm³/mol. The fraction of sp³-hybridized carbons (Fsp3) is 0.200. The van der Waals surface area contributed by atoms with Gasteiger partial charge in [-0.15, -0.1) is 10.2 Å². The summed E-state index contributed by atoms with van der Waals surface area (Å²) in [4.78, 5) is 12.6. The van der Waals surface area contributed by atoms with Crippen LogP contribution >= 0.6 is 11.8 Å². The molecule has 1 amide bonds. The molecule has 2 heterocycles. The molecule has 0 saturated carbocycles. The van der Waals surface area contributed by atoms with E-state index in [0.717, 1.165) is 29.2 Å². The van der Waals surface area contributed by atoms with Gasteiger partial charge in [-0.3, -0.25) is 9.36 Å². The van der Waals surface area contributed by atoms with Crippen molar-refractivity contribution < 1.29 is 4.79 Å². The van der Waals surface area contributed by atoms with Gasteiger partial charge in [0, 0.05) is 12.1 Å². The van der Waals surface area contributed by atoms with Crippen molar-refractivity contribution in [2.24, 2.45) is 5.10 Å². The van der Waals surface area contributed by atoms with Crippen LogP contribution in [0.15, 0.2) is 70.9 Å². The van der Waals surface area contributed by atoms with E-state index in [2.05, 4.69) is 15.3 Å². The lowest BCUT2D eigenvalue weighted by Crippen LogP contribution is -2.25. The van der Waals surface area contributed by atoms with Gasteiger partial charge in [-0.05, 0) is 24.6 Å². The van der Waals surface area contributed by atoms with Crippen molar-refractivity contribution in [2.45, 2.75) is 18.5 Å². The number of amides is 1. The largest absolute Gasteiger partial charge is 0.274 e. The number of aromatic nitrogens is 3. The van der Waals surface area contributed by atoms with Gasteiger partial charge >= 0.3 is 0 Å². The Balaban J connectivity index is 1.45. The van der Waals surface area contributed by atoms with E-state index in [4.69, 9.17) is 0 Å². The normalized spacial score (nSPS) is 13.7. The lowest BCUT2D eigenvalue weighted by Gasteiger charge is -2.11. The monoisotopic (exact) mass is 377 g/mol. The maximum absolute atomic E-state index is 12.6. The molecular formula is C20H19N5OS. The first-order valence-electron chi connectivity index (χ1n) is 8.76. The van der Waals surface area contributed by atoms with Gasteiger partial charge in [0.05, 0.1) is 18.0 Å². The van der Waals surface area contributed by atoms with Crippen LogP contribution in [0.3, 0.4) is 0 Å². The summed E-state index contributed by atoms with van der Waals surface area (Å²) in [6, 6.07) is 19.9. The lowest BCUT2D eigenvalue weighted by atomic mass is 10.1. The average Bonchev–Trinajstić information content (AvgIpc) is 3.35. The zero-order valence-corrected chi connectivity index (χ0v) is 15.8. The average molecular weight is 377 g/mol. The van der Waals surface area contributed by atoms with E-state index in [1.807, 2.05) is 72.2 Å². The van der Waals surface area contributed by atoms with Crippen LogP contribution in [0.2, 0.25) is 0 Å². The van der Waals surface area contributed by atoms with Gasteiger partial charge in [-0.2, -0.15) is 5.10 Å². The van der Waals surface area contributed by atoms with Gasteiger partial charge in [0.15, 0.2) is 5.16 Å². The molecule has 136 valence electrons. The molecular weight excluding hydrogens is 358 g/mol. The molecule has 0 bridgehead atoms. The third kappa shape index (κ3) is 3.78. The second-order valence-electron chi connectivity index (χ2n) is 6.17. The zero-order valence-electron chi connectivity index (χ0n) is 14.9. The molecule has 2 aromatic carbocycles. The topological polar surface area (TPSA) is 63.4 Å². The van der Waals surface area contributed by atoms with E-state index < -0.39 is 0 Å². The molecule has 27 heavy (non-hydrogen) atoms. The van der Waals surface area contributed by atoms with E-state index in [0.29, 0.717) is 11.7 Å². The second-order valence-corrected chi connectivity index (χ2v) is 7.11. The molecule has 1 aliphatic heterocycles. The molecule has 0 fully saturated rings. The third-order valence-corrected chi connectivity index (χ3v) is 5.24. The molecule has 0 atom stereocenters. The van der Waals surface area contributed by atoms with Crippen LogP contribution in [-0.2, 0) is 4.79 Å². The highest BCUT2D eigenvalue weighted by atomic mass is 32.2. The highest BCUT2D eigenvalue weighted by molar-refractivity contribution is 7.99. The van der Waals surface area contributed by atoms with E-state index in [1.54, 1.807) is 5.01 Å². The smallest absolute Gasteiger partial charge is 0.253 e. The van der Waals surface area contributed by atoms with Crippen LogP contribution in [0.5, 0.6) is 0 Å². The molecule has 3 aromatic rings. The van der Waals surface area contributed by atoms with E-state index in [-0.39, 0.29) is 11.7 Å². The number of hydrogen-bond donors (Lipinski definition) is 0. The highest BCUT2D eigenvalue weighted by Crippen LogP contribution is 2.23. The van der Waals surface area contributed by atoms with Gasteiger partial charge in [0.25, 0.3) is 5.91 Å². The molecule has 1 aromatic heterocycles. The standard InChI is InChI=1S/C20H19N5OS/c1-15-21-22-20(25(15)17-10-6-3-7-11-17)27-14-19(26)24-13-12-18(23-24)16-8-4-2-5-9-16/h2-11H,12-14H2,1H3. The van der Waals surface area contributed by atoms with E-state index >= 15 is 0 Å². The minimum Gasteiger partial charge on any atom is -0.274 e. The van der Waals surface area contributed by atoms with Gasteiger partial charge in [-0.25, -0.2) is 5.01 Å². The SMILES string of the molecule is Cc1nnc(SCC(=O)N2CCC(c3ccccc3)=N2)n1-c1ccccc1. The summed E-state index contributed by atoms with van der Waals surface area (Å²) in [5.74, 6) is 1.05. The van der Waals surface area contributed by atoms with Crippen LogP contribution in [0.25, 0.3) is 5.69 Å². The molecule has 1 aliphatic rings. The summed E-state index contributed by atoms with van der Waals surface area (Å²) in [7, 11) is 0. The van der Waals surface area contributed by atoms with Crippen molar-refractivity contribution in [3.05, 3.63) is 72.1 Å². The summed E-state index contributed by atoms with van der Waals surface area (Å²) in [6.07, 6.45) is 0.778. The van der Waals surface area contributed by atoms with Crippen LogP contribution in [-0.4, -0.2) is 43.7 Å². The first-order chi connectivity index (χ1) is 13.2. The number of hydrogen-bond acceptors (Lipinski definition) is 5. The molecule has 0 N–H and O–H groups in total. The van der Waals surface area contributed by atoms with Crippen molar-refractivity contribution in [2.75, 3.05) is 12.3 Å². The quantitative estimate of drug-likeness (QED) is 0.640. The predicted octanol–water partition coefficient (Wildman–Crippen LogP) is 3.30. The van der Waals surface area contributed by atoms with Crippen molar-refractivity contribution in [1.29, 1.82) is 0 Å². The lowest BCUT2D eigenvalue weighted by molar-refractivity contribution is -0.127. The van der Waals surface area contributed by atoms with Crippen LogP contribution in [0.4, 0.5) is 0 Å². The maximum Gasteiger partial charge on any atom is 0.253 e. The highest BCUT2D eigenvalue weighted by Gasteiger charge is 2.22. The van der Waals surface area contributed by atoms with Gasteiger partial charge in [0.1, 0.15) is 5.82 Å². The number of carbonyl (C=O) groups excluding carboxylic acids is 1. The summed E-state index contributed by atoms with van der Waals surface area (Å²) >= 11 is 1.38. The number of thioether (sulfide) groups is 1. The molecule has 6 nitrogen and oxygen atoms in total. The summed E-state index contributed by atoms with van der Waals surface area (Å²) in [5, 5.41) is 15.2. The second kappa shape index (κ2) is 7.75. The van der Waals surface area contributed by atoms with Crippen LogP contribution < -0.4 is 0 Å². The number of carbonyl (C=O) groups is 1. The molecule has 0 saturated heterocycles. The first-order valence-corrected chi connectivity index (χ1v) is 9.74. The number of nitrogens with zero attached hydrogens (tertiary/aromatic N) is 5. The minimum atomic E-state index is -0.0220. The zero-order chi connectivity index (χ0) is 18.6. The number of para-hydroxylation sites is 1. The number of rotatable bonds is 5. The molecule has 0 unspecified atom stereocenters.